The number of aromatic amines is 1. The van der Waals surface area contributed by atoms with Crippen LogP contribution < -0.4 is 11.5 Å². The molecule has 21 heteroatoms. The minimum absolute atomic E-state index is 0.00850. The number of fused-ring (bicyclic) bond motifs is 1. The highest BCUT2D eigenvalue weighted by atomic mass is 31.3. The van der Waals surface area contributed by atoms with Gasteiger partial charge in [-0.05, 0) is 0 Å². The number of H-pyrrole nitrogens is 1. The SMILES string of the molecule is CO[C@H](COP(=O)(OC)OP(=O)(OC)OP(=O)(OC)ON)[C@@H](O)C(C)c1cnc2c(=O)[nH]cnn12. The van der Waals surface area contributed by atoms with E-state index in [0.29, 0.717) is 5.69 Å². The molecule has 2 rings (SSSR count). The molecule has 0 aromatic carbocycles. The first kappa shape index (κ1) is 29.9. The minimum Gasteiger partial charge on any atom is -0.390 e. The van der Waals surface area contributed by atoms with Gasteiger partial charge in [-0.1, -0.05) is 6.92 Å². The molecule has 2 aromatic heterocycles. The van der Waals surface area contributed by atoms with Gasteiger partial charge in [0.1, 0.15) is 12.4 Å². The number of hydrogen-bond acceptors (Lipinski definition) is 16. The number of aromatic nitrogens is 4. The van der Waals surface area contributed by atoms with E-state index in [4.69, 9.17) is 19.5 Å². The molecule has 0 aliphatic rings. The highest BCUT2D eigenvalue weighted by molar-refractivity contribution is 7.67. The predicted molar refractivity (Wildman–Crippen MR) is 116 cm³/mol. The van der Waals surface area contributed by atoms with Gasteiger partial charge in [0.2, 0.25) is 5.65 Å². The smallest absolute Gasteiger partial charge is 0.390 e. The van der Waals surface area contributed by atoms with E-state index in [1.54, 1.807) is 6.92 Å². The molecule has 0 aliphatic carbocycles. The van der Waals surface area contributed by atoms with E-state index < -0.39 is 53.8 Å². The van der Waals surface area contributed by atoms with Crippen LogP contribution in [0, 0.1) is 0 Å². The molecule has 2 aromatic rings. The van der Waals surface area contributed by atoms with Gasteiger partial charge in [-0.3, -0.25) is 22.9 Å². The van der Waals surface area contributed by atoms with Crippen LogP contribution in [0.2, 0.25) is 0 Å². The second-order valence-electron chi connectivity index (χ2n) is 6.54. The number of aliphatic hydroxyl groups excluding tert-OH is 1. The first-order valence-electron chi connectivity index (χ1n) is 9.45. The third-order valence-corrected chi connectivity index (χ3v) is 9.86. The molecule has 18 nitrogen and oxygen atoms in total. The van der Waals surface area contributed by atoms with Crippen LogP contribution in [-0.2, 0) is 49.8 Å². The maximum Gasteiger partial charge on any atom is 0.499 e. The van der Waals surface area contributed by atoms with Crippen molar-refractivity contribution >= 4 is 29.1 Å². The summed E-state index contributed by atoms with van der Waals surface area (Å²) in [4.78, 5) is 18.2. The summed E-state index contributed by atoms with van der Waals surface area (Å²) in [6.07, 6.45) is 0.0278. The predicted octanol–water partition coefficient (Wildman–Crippen LogP) is 1.10. The third-order valence-electron chi connectivity index (χ3n) is 4.60. The van der Waals surface area contributed by atoms with Crippen molar-refractivity contribution in [2.45, 2.75) is 25.0 Å². The molecular weight excluding hydrogens is 539 g/mol. The van der Waals surface area contributed by atoms with E-state index in [0.717, 1.165) is 27.7 Å². The van der Waals surface area contributed by atoms with E-state index >= 15 is 0 Å². The summed E-state index contributed by atoms with van der Waals surface area (Å²) >= 11 is 0. The van der Waals surface area contributed by atoms with Crippen LogP contribution in [0.5, 0.6) is 0 Å². The van der Waals surface area contributed by atoms with Crippen LogP contribution in [0.4, 0.5) is 0 Å². The molecule has 0 amide bonds. The lowest BCUT2D eigenvalue weighted by Crippen LogP contribution is -2.36. The standard InChI is InChI=1S/C14H26N5O13P3/c1-9(10-6-16-13-14(21)17-8-18-19(10)13)12(20)11(25-2)7-29-33(22,26-3)31-35(24,28-5)32-34(23,27-4)30-15/h6,8-9,11-12,20H,7,15H2,1-5H3,(H,17,18,21)/t9?,11-,12+,33?,34?,35?/m1/s1. The number of methoxy groups -OCH3 is 1. The number of phosphoric ester groups is 1. The largest absolute Gasteiger partial charge is 0.499 e. The van der Waals surface area contributed by atoms with Crippen molar-refractivity contribution in [2.24, 2.45) is 5.90 Å². The second-order valence-corrected chi connectivity index (χ2v) is 12.1. The van der Waals surface area contributed by atoms with E-state index in [-0.39, 0.29) is 5.65 Å². The van der Waals surface area contributed by atoms with E-state index in [1.807, 2.05) is 0 Å². The molecule has 0 spiro atoms. The molecule has 0 radical (unpaired) electrons. The zero-order chi connectivity index (χ0) is 26.4. The number of aliphatic hydroxyl groups is 1. The molecule has 0 saturated carbocycles. The minimum atomic E-state index is -4.94. The topological polar surface area (TPSA) is 234 Å². The highest BCUT2D eigenvalue weighted by Crippen LogP contribution is 2.72. The first-order valence-corrected chi connectivity index (χ1v) is 13.8. The van der Waals surface area contributed by atoms with Crippen LogP contribution in [0.1, 0.15) is 18.5 Å². The summed E-state index contributed by atoms with van der Waals surface area (Å²) in [7, 11) is -10.5. The van der Waals surface area contributed by atoms with Crippen LogP contribution >= 0.6 is 23.5 Å². The van der Waals surface area contributed by atoms with Crippen LogP contribution in [0.25, 0.3) is 5.65 Å². The number of nitrogens with two attached hydrogens (primary N) is 1. The van der Waals surface area contributed by atoms with E-state index in [9.17, 15) is 23.6 Å². The van der Waals surface area contributed by atoms with Crippen molar-refractivity contribution in [3.63, 3.8) is 0 Å². The van der Waals surface area contributed by atoms with Crippen molar-refractivity contribution in [1.82, 2.24) is 19.6 Å². The molecule has 2 heterocycles. The Balaban J connectivity index is 2.17. The lowest BCUT2D eigenvalue weighted by Gasteiger charge is -2.28. The van der Waals surface area contributed by atoms with E-state index in [2.05, 4.69) is 37.6 Å². The lowest BCUT2D eigenvalue weighted by atomic mass is 9.97. The Morgan fingerprint density at radius 2 is 1.69 bits per heavy atom. The molecule has 4 N–H and O–H groups in total. The molecule has 6 atom stereocenters. The van der Waals surface area contributed by atoms with Crippen molar-refractivity contribution < 1.29 is 54.9 Å². The highest BCUT2D eigenvalue weighted by Gasteiger charge is 2.46. The van der Waals surface area contributed by atoms with Gasteiger partial charge in [-0.25, -0.2) is 33.7 Å². The number of nitrogens with one attached hydrogen (secondary N) is 1. The number of phosphoric acid groups is 3. The fourth-order valence-electron chi connectivity index (χ4n) is 2.65. The second kappa shape index (κ2) is 12.3. The number of imidazole rings is 1. The molecule has 0 aliphatic heterocycles. The Morgan fingerprint density at radius 3 is 2.23 bits per heavy atom. The van der Waals surface area contributed by atoms with Gasteiger partial charge in [0, 0.05) is 34.4 Å². The molecule has 0 fully saturated rings. The average molecular weight is 565 g/mol. The summed E-state index contributed by atoms with van der Waals surface area (Å²) < 4.78 is 75.9. The van der Waals surface area contributed by atoms with Gasteiger partial charge in [0.15, 0.2) is 0 Å². The molecule has 35 heavy (non-hydrogen) atoms. The number of ether oxygens (including phenoxy) is 1. The number of hydrogen-bond donors (Lipinski definition) is 3. The average Bonchev–Trinajstić information content (AvgIpc) is 3.29. The van der Waals surface area contributed by atoms with Gasteiger partial charge in [0.25, 0.3) is 5.56 Å². The van der Waals surface area contributed by atoms with Gasteiger partial charge in [0.05, 0.1) is 24.6 Å². The van der Waals surface area contributed by atoms with Gasteiger partial charge in [-0.2, -0.15) is 13.7 Å². The van der Waals surface area contributed by atoms with Crippen molar-refractivity contribution in [2.75, 3.05) is 35.0 Å². The summed E-state index contributed by atoms with van der Waals surface area (Å²) in [6, 6.07) is 0. The first-order chi connectivity index (χ1) is 16.4. The zero-order valence-corrected chi connectivity index (χ0v) is 21.9. The Labute approximate surface area is 198 Å². The number of nitrogens with zero attached hydrogens (tertiary/aromatic N) is 3. The molecule has 0 bridgehead atoms. The summed E-state index contributed by atoms with van der Waals surface area (Å²) in [5, 5.41) is 14.8. The van der Waals surface area contributed by atoms with E-state index in [1.165, 1.54) is 17.8 Å². The number of rotatable bonds is 15. The Kier molecular flexibility index (Phi) is 10.5. The molecule has 0 saturated heterocycles. The fourth-order valence-corrected chi connectivity index (χ4v) is 6.93. The Hall–Kier alpha value is -1.36. The maximum absolute atomic E-state index is 12.9. The zero-order valence-electron chi connectivity index (χ0n) is 19.2. The fraction of sp³-hybridized carbons (Fsp3) is 0.643. The Morgan fingerprint density at radius 1 is 1.09 bits per heavy atom. The van der Waals surface area contributed by atoms with Gasteiger partial charge < -0.3 is 14.8 Å². The molecular formula is C14H26N5O13P3. The Bertz CT molecular complexity index is 1180. The quantitative estimate of drug-likeness (QED) is 0.202. The third kappa shape index (κ3) is 7.11. The van der Waals surface area contributed by atoms with Crippen molar-refractivity contribution in [3.05, 3.63) is 28.6 Å². The van der Waals surface area contributed by atoms with Crippen LogP contribution in [0.15, 0.2) is 17.3 Å². The van der Waals surface area contributed by atoms with Crippen molar-refractivity contribution in [1.29, 1.82) is 0 Å². The van der Waals surface area contributed by atoms with Crippen LogP contribution in [0.3, 0.4) is 0 Å². The molecule has 4 unspecified atom stereocenters. The van der Waals surface area contributed by atoms with Crippen molar-refractivity contribution in [3.8, 4) is 0 Å². The van der Waals surface area contributed by atoms with Crippen LogP contribution in [-0.4, -0.2) is 71.9 Å². The van der Waals surface area contributed by atoms with Gasteiger partial charge in [-0.15, -0.1) is 0 Å². The lowest BCUT2D eigenvalue weighted by molar-refractivity contribution is -0.0499. The summed E-state index contributed by atoms with van der Waals surface area (Å²) in [5.74, 6) is 4.06. The molecule has 200 valence electrons. The summed E-state index contributed by atoms with van der Waals surface area (Å²) in [6.45, 7) is 0.967. The maximum atomic E-state index is 12.9. The normalized spacial score (nSPS) is 20.0. The van der Waals surface area contributed by atoms with Gasteiger partial charge >= 0.3 is 23.5 Å². The summed E-state index contributed by atoms with van der Waals surface area (Å²) in [5.41, 5.74) is -0.115. The monoisotopic (exact) mass is 565 g/mol.